The van der Waals surface area contributed by atoms with E-state index in [2.05, 4.69) is 20.3 Å². The largest absolute Gasteiger partial charge is 0.484 e. The second kappa shape index (κ2) is 11.0. The Labute approximate surface area is 187 Å². The molecular weight excluding hydrogens is 438 g/mol. The Morgan fingerprint density at radius 1 is 1.00 bits per heavy atom. The first kappa shape index (κ1) is 22.8. The van der Waals surface area contributed by atoms with Gasteiger partial charge in [0.1, 0.15) is 5.75 Å². The molecule has 2 aromatic carbocycles. The number of esters is 2. The van der Waals surface area contributed by atoms with Crippen LogP contribution in [0.25, 0.3) is 0 Å². The van der Waals surface area contributed by atoms with Crippen molar-refractivity contribution in [3.05, 3.63) is 65.5 Å². The van der Waals surface area contributed by atoms with Gasteiger partial charge in [0.05, 0.1) is 36.8 Å². The summed E-state index contributed by atoms with van der Waals surface area (Å²) in [5.74, 6) is -0.885. The highest BCUT2D eigenvalue weighted by atomic mass is 32.2. The van der Waals surface area contributed by atoms with Gasteiger partial charge in [-0.05, 0) is 30.3 Å². The van der Waals surface area contributed by atoms with Crippen LogP contribution in [-0.4, -0.2) is 48.0 Å². The third-order valence-corrected chi connectivity index (χ3v) is 4.82. The molecule has 3 rings (SSSR count). The lowest BCUT2D eigenvalue weighted by atomic mass is 10.1. The van der Waals surface area contributed by atoms with Gasteiger partial charge in [-0.1, -0.05) is 30.0 Å². The molecule has 0 atom stereocenters. The first-order chi connectivity index (χ1) is 15.5. The van der Waals surface area contributed by atoms with Crippen LogP contribution >= 0.6 is 11.8 Å². The van der Waals surface area contributed by atoms with E-state index >= 15 is 0 Å². The summed E-state index contributed by atoms with van der Waals surface area (Å²) in [6.07, 6.45) is 0. The first-order valence-electron chi connectivity index (χ1n) is 9.23. The van der Waals surface area contributed by atoms with E-state index < -0.39 is 17.8 Å². The van der Waals surface area contributed by atoms with Crippen molar-refractivity contribution in [2.75, 3.05) is 25.3 Å². The lowest BCUT2D eigenvalue weighted by Gasteiger charge is -2.11. The van der Waals surface area contributed by atoms with E-state index in [4.69, 9.17) is 13.9 Å². The molecule has 1 aromatic heterocycles. The summed E-state index contributed by atoms with van der Waals surface area (Å²) in [6.45, 7) is 0.0899. The molecular formula is C21H19N3O7S. The van der Waals surface area contributed by atoms with Crippen molar-refractivity contribution in [1.82, 2.24) is 10.2 Å². The summed E-state index contributed by atoms with van der Waals surface area (Å²) in [7, 11) is 2.45. The van der Waals surface area contributed by atoms with E-state index in [1.807, 2.05) is 18.2 Å². The number of benzene rings is 2. The maximum atomic E-state index is 12.4. The Kier molecular flexibility index (Phi) is 7.81. The maximum absolute atomic E-state index is 12.4. The molecule has 0 saturated carbocycles. The van der Waals surface area contributed by atoms with Crippen molar-refractivity contribution in [3.8, 4) is 5.75 Å². The van der Waals surface area contributed by atoms with Crippen molar-refractivity contribution in [2.24, 2.45) is 0 Å². The van der Waals surface area contributed by atoms with Crippen LogP contribution in [0.15, 0.2) is 58.2 Å². The summed E-state index contributed by atoms with van der Waals surface area (Å²) >= 11 is 1.01. The van der Waals surface area contributed by atoms with Gasteiger partial charge in [0.2, 0.25) is 5.91 Å². The number of carbonyl (C=O) groups is 3. The van der Waals surface area contributed by atoms with Gasteiger partial charge in [-0.15, -0.1) is 10.2 Å². The monoisotopic (exact) mass is 457 g/mol. The van der Waals surface area contributed by atoms with E-state index in [0.717, 1.165) is 11.8 Å². The van der Waals surface area contributed by atoms with E-state index in [1.165, 1.54) is 32.4 Å². The number of anilines is 1. The van der Waals surface area contributed by atoms with Crippen molar-refractivity contribution in [2.45, 2.75) is 11.8 Å². The molecule has 1 heterocycles. The average Bonchev–Trinajstić information content (AvgIpc) is 3.29. The number of methoxy groups -OCH3 is 2. The number of nitrogens with one attached hydrogen (secondary N) is 1. The molecule has 11 heteroatoms. The number of hydrogen-bond donors (Lipinski definition) is 1. The summed E-state index contributed by atoms with van der Waals surface area (Å²) in [4.78, 5) is 36.1. The van der Waals surface area contributed by atoms with Gasteiger partial charge in [-0.25, -0.2) is 9.59 Å². The van der Waals surface area contributed by atoms with Gasteiger partial charge in [0.25, 0.3) is 11.1 Å². The summed E-state index contributed by atoms with van der Waals surface area (Å²) in [6, 6.07) is 13.3. The molecule has 0 spiro atoms. The molecule has 10 nitrogen and oxygen atoms in total. The van der Waals surface area contributed by atoms with E-state index in [0.29, 0.717) is 5.75 Å². The lowest BCUT2D eigenvalue weighted by Crippen LogP contribution is -2.18. The van der Waals surface area contributed by atoms with E-state index in [9.17, 15) is 14.4 Å². The number of rotatable bonds is 9. The van der Waals surface area contributed by atoms with Gasteiger partial charge >= 0.3 is 11.9 Å². The predicted molar refractivity (Wildman–Crippen MR) is 114 cm³/mol. The topological polar surface area (TPSA) is 130 Å². The molecule has 3 aromatic rings. The predicted octanol–water partition coefficient (Wildman–Crippen LogP) is 2.95. The summed E-state index contributed by atoms with van der Waals surface area (Å²) in [5.41, 5.74) is 0.382. The van der Waals surface area contributed by atoms with Crippen molar-refractivity contribution < 1.29 is 33.0 Å². The number of thioether (sulfide) groups is 1. The van der Waals surface area contributed by atoms with Crippen LogP contribution in [0.4, 0.5) is 5.69 Å². The van der Waals surface area contributed by atoms with Crippen molar-refractivity contribution >= 4 is 35.3 Å². The maximum Gasteiger partial charge on any atom is 0.339 e. The zero-order chi connectivity index (χ0) is 22.9. The molecule has 32 heavy (non-hydrogen) atoms. The number of nitrogens with zero attached hydrogens (tertiary/aromatic N) is 2. The second-order valence-electron chi connectivity index (χ2n) is 6.14. The van der Waals surface area contributed by atoms with Crippen LogP contribution in [0.1, 0.15) is 26.6 Å². The lowest BCUT2D eigenvalue weighted by molar-refractivity contribution is -0.113. The Hall–Kier alpha value is -3.86. The SMILES string of the molecule is COC(=O)c1ccc(C(=O)OC)c(NC(=O)CSc2nnc(COc3ccccc3)o2)c1. The Morgan fingerprint density at radius 2 is 1.75 bits per heavy atom. The Balaban J connectivity index is 1.59. The third-order valence-electron chi connectivity index (χ3n) is 4.00. The molecule has 1 amide bonds. The number of carbonyl (C=O) groups excluding carboxylic acids is 3. The minimum Gasteiger partial charge on any atom is -0.484 e. The molecule has 0 saturated heterocycles. The number of hydrogen-bond acceptors (Lipinski definition) is 10. The standard InChI is InChI=1S/C21H19N3O7S/c1-28-19(26)13-8-9-15(20(27)29-2)16(10-13)22-17(25)12-32-21-24-23-18(31-21)11-30-14-6-4-3-5-7-14/h3-10H,11-12H2,1-2H3,(H,22,25). The zero-order valence-electron chi connectivity index (χ0n) is 17.2. The number of para-hydroxylation sites is 1. The highest BCUT2D eigenvalue weighted by molar-refractivity contribution is 7.99. The molecule has 0 aliphatic heterocycles. The van der Waals surface area contributed by atoms with Crippen LogP contribution in [0, 0.1) is 0 Å². The second-order valence-corrected chi connectivity index (χ2v) is 7.07. The molecule has 0 fully saturated rings. The smallest absolute Gasteiger partial charge is 0.339 e. The molecule has 0 bridgehead atoms. The van der Waals surface area contributed by atoms with Gasteiger partial charge < -0.3 is 23.9 Å². The zero-order valence-corrected chi connectivity index (χ0v) is 18.0. The van der Waals surface area contributed by atoms with E-state index in [1.54, 1.807) is 12.1 Å². The normalized spacial score (nSPS) is 10.3. The van der Waals surface area contributed by atoms with Crippen LogP contribution < -0.4 is 10.1 Å². The third kappa shape index (κ3) is 6.08. The molecule has 0 aliphatic carbocycles. The number of amides is 1. The highest BCUT2D eigenvalue weighted by Crippen LogP contribution is 2.22. The molecule has 1 N–H and O–H groups in total. The van der Waals surface area contributed by atoms with Gasteiger partial charge in [0, 0.05) is 0 Å². The Morgan fingerprint density at radius 3 is 2.47 bits per heavy atom. The first-order valence-corrected chi connectivity index (χ1v) is 10.2. The van der Waals surface area contributed by atoms with Crippen molar-refractivity contribution in [1.29, 1.82) is 0 Å². The van der Waals surface area contributed by atoms with Crippen LogP contribution in [-0.2, 0) is 20.9 Å². The molecule has 166 valence electrons. The van der Waals surface area contributed by atoms with Gasteiger partial charge in [-0.3, -0.25) is 4.79 Å². The number of aromatic nitrogens is 2. The highest BCUT2D eigenvalue weighted by Gasteiger charge is 2.18. The van der Waals surface area contributed by atoms with E-state index in [-0.39, 0.29) is 40.3 Å². The molecule has 0 aliphatic rings. The van der Waals surface area contributed by atoms with Crippen LogP contribution in [0.5, 0.6) is 5.75 Å². The van der Waals surface area contributed by atoms with Gasteiger partial charge in [-0.2, -0.15) is 0 Å². The van der Waals surface area contributed by atoms with Crippen LogP contribution in [0.3, 0.4) is 0 Å². The summed E-state index contributed by atoms with van der Waals surface area (Å²) < 4.78 is 20.4. The fraction of sp³-hybridized carbons (Fsp3) is 0.190. The van der Waals surface area contributed by atoms with Crippen molar-refractivity contribution in [3.63, 3.8) is 0 Å². The average molecular weight is 457 g/mol. The fourth-order valence-corrected chi connectivity index (χ4v) is 3.09. The minimum atomic E-state index is -0.663. The molecule has 0 unspecified atom stereocenters. The minimum absolute atomic E-state index is 0.0791. The fourth-order valence-electron chi connectivity index (χ4n) is 2.51. The van der Waals surface area contributed by atoms with Gasteiger partial charge in [0.15, 0.2) is 6.61 Å². The summed E-state index contributed by atoms with van der Waals surface area (Å²) in [5, 5.41) is 10.5. The number of ether oxygens (including phenoxy) is 3. The quantitative estimate of drug-likeness (QED) is 0.378. The van der Waals surface area contributed by atoms with Crippen LogP contribution in [0.2, 0.25) is 0 Å². The molecule has 0 radical (unpaired) electrons. The Bertz CT molecular complexity index is 1100.